The highest BCUT2D eigenvalue weighted by Crippen LogP contribution is 2.08. The molecule has 0 saturated carbocycles. The average molecular weight is 228 g/mol. The largest absolute Gasteiger partial charge is 0.366 e. The quantitative estimate of drug-likeness (QED) is 0.673. The van der Waals surface area contributed by atoms with Gasteiger partial charge in [-0.2, -0.15) is 0 Å². The molecule has 16 heavy (non-hydrogen) atoms. The van der Waals surface area contributed by atoms with E-state index in [2.05, 4.69) is 0 Å². The minimum absolute atomic E-state index is 0.0182. The summed E-state index contributed by atoms with van der Waals surface area (Å²) < 4.78 is 5.39. The molecule has 1 aliphatic heterocycles. The van der Waals surface area contributed by atoms with E-state index in [9.17, 15) is 9.59 Å². The minimum Gasteiger partial charge on any atom is -0.366 e. The summed E-state index contributed by atoms with van der Waals surface area (Å²) in [5.41, 5.74) is -0.327. The Morgan fingerprint density at radius 3 is 2.50 bits per heavy atom. The van der Waals surface area contributed by atoms with E-state index in [-0.39, 0.29) is 30.6 Å². The van der Waals surface area contributed by atoms with Gasteiger partial charge in [-0.05, 0) is 20.8 Å². The Labute approximate surface area is 96.3 Å². The van der Waals surface area contributed by atoms with Gasteiger partial charge in [0.1, 0.15) is 6.61 Å². The second kappa shape index (κ2) is 4.82. The molecule has 0 aromatic rings. The Kier molecular flexibility index (Phi) is 3.91. The highest BCUT2D eigenvalue weighted by molar-refractivity contribution is 5.86. The third-order valence-corrected chi connectivity index (χ3v) is 2.44. The van der Waals surface area contributed by atoms with Crippen LogP contribution in [0.15, 0.2) is 0 Å². The molecule has 1 heterocycles. The van der Waals surface area contributed by atoms with Gasteiger partial charge in [0, 0.05) is 20.1 Å². The number of carbonyl (C=O) groups is 2. The van der Waals surface area contributed by atoms with Gasteiger partial charge in [-0.1, -0.05) is 0 Å². The van der Waals surface area contributed by atoms with Gasteiger partial charge in [-0.15, -0.1) is 0 Å². The highest BCUT2D eigenvalue weighted by Gasteiger charge is 2.25. The Morgan fingerprint density at radius 1 is 1.38 bits per heavy atom. The lowest BCUT2D eigenvalue weighted by Gasteiger charge is -2.32. The SMILES string of the molecule is CN1CCN(C(=O)COC(C)(C)C)CC1=O. The van der Waals surface area contributed by atoms with Gasteiger partial charge >= 0.3 is 0 Å². The molecule has 5 nitrogen and oxygen atoms in total. The number of amides is 2. The number of ether oxygens (including phenoxy) is 1. The predicted molar refractivity (Wildman–Crippen MR) is 59.9 cm³/mol. The number of rotatable bonds is 2. The summed E-state index contributed by atoms with van der Waals surface area (Å²) in [6.45, 7) is 7.10. The highest BCUT2D eigenvalue weighted by atomic mass is 16.5. The number of carbonyl (C=O) groups excluding carboxylic acids is 2. The molecule has 0 spiro atoms. The first kappa shape index (κ1) is 13.0. The van der Waals surface area contributed by atoms with E-state index in [0.29, 0.717) is 13.1 Å². The number of hydrogen-bond donors (Lipinski definition) is 0. The van der Waals surface area contributed by atoms with Crippen molar-refractivity contribution in [2.75, 3.05) is 33.3 Å². The molecule has 2 amide bonds. The summed E-state index contributed by atoms with van der Waals surface area (Å²) in [6.07, 6.45) is 0. The van der Waals surface area contributed by atoms with Crippen LogP contribution in [0.1, 0.15) is 20.8 Å². The molecule has 1 saturated heterocycles. The van der Waals surface area contributed by atoms with Crippen LogP contribution in [0.5, 0.6) is 0 Å². The van der Waals surface area contributed by atoms with Crippen molar-refractivity contribution in [2.45, 2.75) is 26.4 Å². The lowest BCUT2D eigenvalue weighted by molar-refractivity contribution is -0.149. The first-order valence-electron chi connectivity index (χ1n) is 5.45. The van der Waals surface area contributed by atoms with Crippen LogP contribution >= 0.6 is 0 Å². The first-order chi connectivity index (χ1) is 7.29. The smallest absolute Gasteiger partial charge is 0.249 e. The standard InChI is InChI=1S/C11H20N2O3/c1-11(2,3)16-8-10(15)13-6-5-12(4)9(14)7-13/h5-8H2,1-4H3. The van der Waals surface area contributed by atoms with E-state index in [1.165, 1.54) is 0 Å². The molecule has 1 aliphatic rings. The zero-order valence-electron chi connectivity index (χ0n) is 10.4. The third-order valence-electron chi connectivity index (χ3n) is 2.44. The van der Waals surface area contributed by atoms with Crippen molar-refractivity contribution in [1.82, 2.24) is 9.80 Å². The van der Waals surface area contributed by atoms with Crippen LogP contribution in [0.25, 0.3) is 0 Å². The molecule has 0 aromatic carbocycles. The zero-order valence-corrected chi connectivity index (χ0v) is 10.4. The van der Waals surface area contributed by atoms with Gasteiger partial charge in [-0.3, -0.25) is 9.59 Å². The molecule has 0 aromatic heterocycles. The van der Waals surface area contributed by atoms with Crippen LogP contribution < -0.4 is 0 Å². The van der Waals surface area contributed by atoms with Crippen LogP contribution in [0, 0.1) is 0 Å². The van der Waals surface area contributed by atoms with Gasteiger partial charge in [0.05, 0.1) is 12.1 Å². The fourth-order valence-electron chi connectivity index (χ4n) is 1.34. The van der Waals surface area contributed by atoms with E-state index < -0.39 is 0 Å². The maximum Gasteiger partial charge on any atom is 0.249 e. The van der Waals surface area contributed by atoms with E-state index >= 15 is 0 Å². The van der Waals surface area contributed by atoms with E-state index in [4.69, 9.17) is 4.74 Å². The maximum absolute atomic E-state index is 11.7. The molecule has 0 bridgehead atoms. The summed E-state index contributed by atoms with van der Waals surface area (Å²) in [5.74, 6) is -0.133. The maximum atomic E-state index is 11.7. The predicted octanol–water partition coefficient (Wildman–Crippen LogP) is 0.102. The van der Waals surface area contributed by atoms with Crippen molar-refractivity contribution in [3.05, 3.63) is 0 Å². The van der Waals surface area contributed by atoms with E-state index in [0.717, 1.165) is 0 Å². The van der Waals surface area contributed by atoms with Gasteiger partial charge in [0.15, 0.2) is 0 Å². The molecule has 1 fully saturated rings. The van der Waals surface area contributed by atoms with E-state index in [1.54, 1.807) is 16.8 Å². The average Bonchev–Trinajstić information content (AvgIpc) is 2.17. The lowest BCUT2D eigenvalue weighted by atomic mass is 10.2. The second-order valence-corrected chi connectivity index (χ2v) is 5.03. The van der Waals surface area contributed by atoms with Crippen molar-refractivity contribution in [1.29, 1.82) is 0 Å². The number of likely N-dealkylation sites (N-methyl/N-ethyl adjacent to an activating group) is 1. The molecule has 5 heteroatoms. The van der Waals surface area contributed by atoms with Gasteiger partial charge in [0.25, 0.3) is 0 Å². The number of hydrogen-bond acceptors (Lipinski definition) is 3. The Bertz CT molecular complexity index is 283. The van der Waals surface area contributed by atoms with Crippen molar-refractivity contribution < 1.29 is 14.3 Å². The lowest BCUT2D eigenvalue weighted by Crippen LogP contribution is -2.51. The molecule has 0 N–H and O–H groups in total. The van der Waals surface area contributed by atoms with Crippen molar-refractivity contribution >= 4 is 11.8 Å². The monoisotopic (exact) mass is 228 g/mol. The fraction of sp³-hybridized carbons (Fsp3) is 0.818. The molecular weight excluding hydrogens is 208 g/mol. The van der Waals surface area contributed by atoms with Gasteiger partial charge in [-0.25, -0.2) is 0 Å². The Hall–Kier alpha value is -1.10. The summed E-state index contributed by atoms with van der Waals surface area (Å²) in [4.78, 5) is 26.3. The fourth-order valence-corrected chi connectivity index (χ4v) is 1.34. The van der Waals surface area contributed by atoms with Crippen LogP contribution in [-0.2, 0) is 14.3 Å². The Balaban J connectivity index is 2.41. The van der Waals surface area contributed by atoms with Crippen molar-refractivity contribution in [3.8, 4) is 0 Å². The van der Waals surface area contributed by atoms with Crippen molar-refractivity contribution in [3.63, 3.8) is 0 Å². The number of nitrogens with zero attached hydrogens (tertiary/aromatic N) is 2. The van der Waals surface area contributed by atoms with Crippen LogP contribution in [0.4, 0.5) is 0 Å². The molecule has 0 aliphatic carbocycles. The topological polar surface area (TPSA) is 49.9 Å². The van der Waals surface area contributed by atoms with Crippen molar-refractivity contribution in [2.24, 2.45) is 0 Å². The van der Waals surface area contributed by atoms with Gasteiger partial charge < -0.3 is 14.5 Å². The summed E-state index contributed by atoms with van der Waals surface area (Å²) in [6, 6.07) is 0. The molecule has 0 radical (unpaired) electrons. The minimum atomic E-state index is -0.327. The summed E-state index contributed by atoms with van der Waals surface area (Å²) >= 11 is 0. The summed E-state index contributed by atoms with van der Waals surface area (Å²) in [5, 5.41) is 0. The zero-order chi connectivity index (χ0) is 12.3. The third kappa shape index (κ3) is 3.81. The normalized spacial score (nSPS) is 17.9. The van der Waals surface area contributed by atoms with E-state index in [1.807, 2.05) is 20.8 Å². The Morgan fingerprint density at radius 2 is 2.00 bits per heavy atom. The second-order valence-electron chi connectivity index (χ2n) is 5.03. The molecule has 1 rings (SSSR count). The van der Waals surface area contributed by atoms with Gasteiger partial charge in [0.2, 0.25) is 11.8 Å². The first-order valence-corrected chi connectivity index (χ1v) is 5.45. The van der Waals surface area contributed by atoms with Crippen LogP contribution in [-0.4, -0.2) is 60.5 Å². The molecule has 92 valence electrons. The molecule has 0 unspecified atom stereocenters. The van der Waals surface area contributed by atoms with Crippen LogP contribution in [0.2, 0.25) is 0 Å². The molecule has 0 atom stereocenters. The summed E-state index contributed by atoms with van der Waals surface area (Å²) in [7, 11) is 1.75. The van der Waals surface area contributed by atoms with Crippen LogP contribution in [0.3, 0.4) is 0 Å². The number of piperazine rings is 1. The molecular formula is C11H20N2O3.